The Kier molecular flexibility index (Phi) is 6.03. The van der Waals surface area contributed by atoms with Crippen LogP contribution >= 0.6 is 0 Å². The molecule has 3 aromatic rings. The average Bonchev–Trinajstić information content (AvgIpc) is 2.79. The molecule has 0 bridgehead atoms. The van der Waals surface area contributed by atoms with Crippen LogP contribution in [-0.4, -0.2) is 23.5 Å². The van der Waals surface area contributed by atoms with E-state index in [1.54, 1.807) is 0 Å². The van der Waals surface area contributed by atoms with Gasteiger partial charge in [-0.2, -0.15) is 0 Å². The lowest BCUT2D eigenvalue weighted by Gasteiger charge is -2.41. The Hall–Kier alpha value is -3.27. The number of amides is 1. The standard InChI is InChI=1S/C26H28N2O2/c1-3-19(2)28-25(27-24-15-8-7-14-23(24)26(28)29)21-12-9-13-22(18-21)30-17-16-20-10-5-4-6-11-20/h4-15,18-19,25,27H,3,16-17H2,1-2H3. The summed E-state index contributed by atoms with van der Waals surface area (Å²) in [6, 6.07) is 26.2. The Morgan fingerprint density at radius 1 is 1.00 bits per heavy atom. The van der Waals surface area contributed by atoms with Gasteiger partial charge in [-0.25, -0.2) is 0 Å². The maximum atomic E-state index is 13.3. The van der Waals surface area contributed by atoms with Gasteiger partial charge in [0.25, 0.3) is 5.91 Å². The Labute approximate surface area is 178 Å². The topological polar surface area (TPSA) is 41.6 Å². The molecule has 1 N–H and O–H groups in total. The zero-order chi connectivity index (χ0) is 20.9. The molecule has 0 aromatic heterocycles. The molecule has 3 aromatic carbocycles. The summed E-state index contributed by atoms with van der Waals surface area (Å²) in [6.45, 7) is 4.82. The van der Waals surface area contributed by atoms with Gasteiger partial charge in [0, 0.05) is 18.2 Å². The maximum absolute atomic E-state index is 13.3. The molecule has 1 aliphatic rings. The quantitative estimate of drug-likeness (QED) is 0.555. The summed E-state index contributed by atoms with van der Waals surface area (Å²) in [5, 5.41) is 3.57. The molecule has 4 nitrogen and oxygen atoms in total. The van der Waals surface area contributed by atoms with Crippen LogP contribution in [0, 0.1) is 0 Å². The summed E-state index contributed by atoms with van der Waals surface area (Å²) in [6.07, 6.45) is 1.52. The monoisotopic (exact) mass is 400 g/mol. The second kappa shape index (κ2) is 9.04. The molecule has 30 heavy (non-hydrogen) atoms. The number of para-hydroxylation sites is 1. The van der Waals surface area contributed by atoms with Gasteiger partial charge in [0.2, 0.25) is 0 Å². The molecule has 0 saturated heterocycles. The van der Waals surface area contributed by atoms with E-state index in [1.807, 2.05) is 65.6 Å². The van der Waals surface area contributed by atoms with E-state index in [0.29, 0.717) is 6.61 Å². The van der Waals surface area contributed by atoms with Crippen molar-refractivity contribution in [1.82, 2.24) is 4.90 Å². The van der Waals surface area contributed by atoms with Gasteiger partial charge in [0.1, 0.15) is 11.9 Å². The minimum Gasteiger partial charge on any atom is -0.493 e. The highest BCUT2D eigenvalue weighted by molar-refractivity contribution is 6.01. The molecule has 0 saturated carbocycles. The zero-order valence-corrected chi connectivity index (χ0v) is 17.5. The van der Waals surface area contributed by atoms with Crippen LogP contribution in [-0.2, 0) is 6.42 Å². The predicted molar refractivity (Wildman–Crippen MR) is 121 cm³/mol. The van der Waals surface area contributed by atoms with E-state index < -0.39 is 0 Å². The molecule has 0 fully saturated rings. The molecule has 0 radical (unpaired) electrons. The van der Waals surface area contributed by atoms with Crippen molar-refractivity contribution in [3.8, 4) is 5.75 Å². The van der Waals surface area contributed by atoms with Gasteiger partial charge >= 0.3 is 0 Å². The number of nitrogens with zero attached hydrogens (tertiary/aromatic N) is 1. The van der Waals surface area contributed by atoms with Gasteiger partial charge in [0.15, 0.2) is 0 Å². The maximum Gasteiger partial charge on any atom is 0.258 e. The van der Waals surface area contributed by atoms with E-state index in [9.17, 15) is 4.79 Å². The smallest absolute Gasteiger partial charge is 0.258 e. The van der Waals surface area contributed by atoms with Crippen molar-refractivity contribution in [3.63, 3.8) is 0 Å². The largest absolute Gasteiger partial charge is 0.493 e. The number of ether oxygens (including phenoxy) is 1. The molecular formula is C26H28N2O2. The third kappa shape index (κ3) is 4.18. The molecule has 0 spiro atoms. The van der Waals surface area contributed by atoms with Gasteiger partial charge in [0.05, 0.1) is 12.2 Å². The number of fused-ring (bicyclic) bond motifs is 1. The molecule has 154 valence electrons. The Balaban J connectivity index is 1.55. The van der Waals surface area contributed by atoms with Crippen LogP contribution < -0.4 is 10.1 Å². The van der Waals surface area contributed by atoms with E-state index in [2.05, 4.69) is 37.4 Å². The van der Waals surface area contributed by atoms with E-state index in [1.165, 1.54) is 5.56 Å². The second-order valence-electron chi connectivity index (χ2n) is 7.72. The minimum atomic E-state index is -0.222. The molecule has 4 rings (SSSR count). The van der Waals surface area contributed by atoms with E-state index in [-0.39, 0.29) is 18.1 Å². The third-order valence-corrected chi connectivity index (χ3v) is 5.70. The van der Waals surface area contributed by atoms with Gasteiger partial charge < -0.3 is 15.0 Å². The van der Waals surface area contributed by atoms with Crippen molar-refractivity contribution in [2.75, 3.05) is 11.9 Å². The number of benzene rings is 3. The van der Waals surface area contributed by atoms with Crippen molar-refractivity contribution in [2.45, 2.75) is 38.9 Å². The normalized spacial score (nSPS) is 16.5. The van der Waals surface area contributed by atoms with Gasteiger partial charge in [-0.3, -0.25) is 4.79 Å². The molecule has 4 heteroatoms. The predicted octanol–water partition coefficient (Wildman–Crippen LogP) is 5.67. The minimum absolute atomic E-state index is 0.0686. The summed E-state index contributed by atoms with van der Waals surface area (Å²) in [5.74, 6) is 0.889. The number of hydrogen-bond donors (Lipinski definition) is 1. The Bertz CT molecular complexity index is 1000. The van der Waals surface area contributed by atoms with Crippen molar-refractivity contribution in [2.24, 2.45) is 0 Å². The first-order valence-electron chi connectivity index (χ1n) is 10.6. The summed E-state index contributed by atoms with van der Waals surface area (Å²) in [5.41, 5.74) is 3.88. The number of carbonyl (C=O) groups excluding carboxylic acids is 1. The molecule has 1 amide bonds. The van der Waals surface area contributed by atoms with Gasteiger partial charge in [-0.15, -0.1) is 0 Å². The lowest BCUT2D eigenvalue weighted by atomic mass is 10.0. The number of rotatable bonds is 7. The molecular weight excluding hydrogens is 372 g/mol. The lowest BCUT2D eigenvalue weighted by Crippen LogP contribution is -2.47. The number of nitrogens with one attached hydrogen (secondary N) is 1. The van der Waals surface area contributed by atoms with Crippen LogP contribution in [0.25, 0.3) is 0 Å². The third-order valence-electron chi connectivity index (χ3n) is 5.70. The Morgan fingerprint density at radius 2 is 1.77 bits per heavy atom. The summed E-state index contributed by atoms with van der Waals surface area (Å²) in [4.78, 5) is 15.2. The number of hydrogen-bond acceptors (Lipinski definition) is 3. The molecule has 0 aliphatic carbocycles. The van der Waals surface area contributed by atoms with Crippen LogP contribution in [0.1, 0.15) is 47.9 Å². The summed E-state index contributed by atoms with van der Waals surface area (Å²) in [7, 11) is 0. The van der Waals surface area contributed by atoms with E-state index >= 15 is 0 Å². The van der Waals surface area contributed by atoms with Crippen molar-refractivity contribution in [3.05, 3.63) is 95.6 Å². The molecule has 2 atom stereocenters. The lowest BCUT2D eigenvalue weighted by molar-refractivity contribution is 0.0593. The summed E-state index contributed by atoms with van der Waals surface area (Å²) < 4.78 is 6.03. The van der Waals surface area contributed by atoms with E-state index in [4.69, 9.17) is 4.74 Å². The van der Waals surface area contributed by atoms with Crippen molar-refractivity contribution in [1.29, 1.82) is 0 Å². The molecule has 1 aliphatic heterocycles. The number of carbonyl (C=O) groups is 1. The van der Waals surface area contributed by atoms with Crippen LogP contribution in [0.3, 0.4) is 0 Å². The molecule has 1 heterocycles. The SMILES string of the molecule is CCC(C)N1C(=O)c2ccccc2NC1c1cccc(OCCc2ccccc2)c1. The Morgan fingerprint density at radius 3 is 2.57 bits per heavy atom. The van der Waals surface area contributed by atoms with Gasteiger partial charge in [-0.05, 0) is 48.7 Å². The fraction of sp³-hybridized carbons (Fsp3) is 0.269. The summed E-state index contributed by atoms with van der Waals surface area (Å²) >= 11 is 0. The van der Waals surface area contributed by atoms with Crippen molar-refractivity contribution < 1.29 is 9.53 Å². The highest BCUT2D eigenvalue weighted by Crippen LogP contribution is 2.35. The fourth-order valence-electron chi connectivity index (χ4n) is 3.87. The highest BCUT2D eigenvalue weighted by Gasteiger charge is 2.35. The fourth-order valence-corrected chi connectivity index (χ4v) is 3.87. The average molecular weight is 401 g/mol. The number of anilines is 1. The van der Waals surface area contributed by atoms with Crippen LogP contribution in [0.2, 0.25) is 0 Å². The molecule has 2 unspecified atom stereocenters. The van der Waals surface area contributed by atoms with Crippen molar-refractivity contribution >= 4 is 11.6 Å². The first-order valence-corrected chi connectivity index (χ1v) is 10.6. The van der Waals surface area contributed by atoms with Gasteiger partial charge in [-0.1, -0.05) is 61.5 Å². The first-order chi connectivity index (χ1) is 14.7. The zero-order valence-electron chi connectivity index (χ0n) is 17.5. The van der Waals surface area contributed by atoms with Crippen LogP contribution in [0.4, 0.5) is 5.69 Å². The first kappa shape index (κ1) is 20.0. The highest BCUT2D eigenvalue weighted by atomic mass is 16.5. The second-order valence-corrected chi connectivity index (χ2v) is 7.72. The van der Waals surface area contributed by atoms with E-state index in [0.717, 1.165) is 35.4 Å². The van der Waals surface area contributed by atoms with Crippen LogP contribution in [0.15, 0.2) is 78.9 Å². The van der Waals surface area contributed by atoms with Crippen LogP contribution in [0.5, 0.6) is 5.75 Å².